The molecule has 3 rings (SSSR count). The van der Waals surface area contributed by atoms with Gasteiger partial charge in [-0.1, -0.05) is 17.4 Å². The van der Waals surface area contributed by atoms with Crippen LogP contribution in [0.15, 0.2) is 41.3 Å². The van der Waals surface area contributed by atoms with Gasteiger partial charge in [-0.2, -0.15) is 0 Å². The van der Waals surface area contributed by atoms with E-state index in [1.807, 2.05) is 25.1 Å². The van der Waals surface area contributed by atoms with Crippen LogP contribution in [0, 0.1) is 6.92 Å². The van der Waals surface area contributed by atoms with Gasteiger partial charge in [0.2, 0.25) is 0 Å². The molecule has 0 saturated heterocycles. The summed E-state index contributed by atoms with van der Waals surface area (Å²) in [7, 11) is -0.817. The van der Waals surface area contributed by atoms with Crippen molar-refractivity contribution in [3.8, 4) is 11.5 Å². The van der Waals surface area contributed by atoms with E-state index in [9.17, 15) is 8.42 Å². The summed E-state index contributed by atoms with van der Waals surface area (Å²) in [6, 6.07) is 10.2. The minimum absolute atomic E-state index is 0.0792. The number of nitrogens with one attached hydrogen (secondary N) is 1. The molecule has 0 bridgehead atoms. The SMILES string of the molecule is COc1ccc(S(=O)(=O)Nc2nc3ccc(C)cc3s2)cc1OC. The molecular weight excluding hydrogens is 348 g/mol. The normalized spacial score (nSPS) is 11.5. The summed E-state index contributed by atoms with van der Waals surface area (Å²) >= 11 is 1.29. The fourth-order valence-electron chi connectivity index (χ4n) is 2.23. The molecule has 24 heavy (non-hydrogen) atoms. The third kappa shape index (κ3) is 3.15. The lowest BCUT2D eigenvalue weighted by Crippen LogP contribution is -2.13. The monoisotopic (exact) mass is 364 g/mol. The molecule has 0 aliphatic heterocycles. The Balaban J connectivity index is 1.95. The van der Waals surface area contributed by atoms with E-state index < -0.39 is 10.0 Å². The Morgan fingerprint density at radius 1 is 1.04 bits per heavy atom. The van der Waals surface area contributed by atoms with Crippen molar-refractivity contribution < 1.29 is 17.9 Å². The van der Waals surface area contributed by atoms with E-state index in [0.29, 0.717) is 16.6 Å². The van der Waals surface area contributed by atoms with Gasteiger partial charge in [-0.05, 0) is 36.8 Å². The minimum atomic E-state index is -3.77. The van der Waals surface area contributed by atoms with Crippen LogP contribution in [0.1, 0.15) is 5.56 Å². The molecular formula is C16H16N2O4S2. The highest BCUT2D eigenvalue weighted by molar-refractivity contribution is 7.93. The van der Waals surface area contributed by atoms with E-state index in [0.717, 1.165) is 15.8 Å². The van der Waals surface area contributed by atoms with Crippen LogP contribution in [0.3, 0.4) is 0 Å². The Bertz CT molecular complexity index is 996. The van der Waals surface area contributed by atoms with Crippen LogP contribution in [0.2, 0.25) is 0 Å². The van der Waals surface area contributed by atoms with Gasteiger partial charge in [0, 0.05) is 6.07 Å². The molecule has 1 N–H and O–H groups in total. The maximum atomic E-state index is 12.6. The van der Waals surface area contributed by atoms with Crippen LogP contribution in [-0.4, -0.2) is 27.6 Å². The molecule has 0 unspecified atom stereocenters. The maximum absolute atomic E-state index is 12.6. The molecule has 0 aliphatic carbocycles. The third-order valence-corrected chi connectivity index (χ3v) is 5.83. The first-order valence-corrected chi connectivity index (χ1v) is 9.35. The standard InChI is InChI=1S/C16H16N2O4S2/c1-10-4-6-12-15(8-10)23-16(17-12)18-24(19,20)11-5-7-13(21-2)14(9-11)22-3/h4-9H,1-3H3,(H,17,18). The molecule has 6 nitrogen and oxygen atoms in total. The van der Waals surface area contributed by atoms with Gasteiger partial charge in [-0.3, -0.25) is 4.72 Å². The number of methoxy groups -OCH3 is 2. The summed E-state index contributed by atoms with van der Waals surface area (Å²) < 4.78 is 38.9. The molecule has 1 heterocycles. The average Bonchev–Trinajstić information content (AvgIpc) is 2.94. The van der Waals surface area contributed by atoms with E-state index in [1.165, 1.54) is 37.7 Å². The second-order valence-electron chi connectivity index (χ2n) is 5.11. The molecule has 0 aliphatic rings. The summed E-state index contributed by atoms with van der Waals surface area (Å²) in [5.41, 5.74) is 1.86. The molecule has 1 aromatic heterocycles. The average molecular weight is 364 g/mol. The zero-order valence-corrected chi connectivity index (χ0v) is 15.0. The van der Waals surface area contributed by atoms with Gasteiger partial charge in [0.25, 0.3) is 10.0 Å². The first kappa shape index (κ1) is 16.5. The third-order valence-electron chi connectivity index (χ3n) is 3.43. The molecule has 0 spiro atoms. The molecule has 126 valence electrons. The van der Waals surface area contributed by atoms with Crippen molar-refractivity contribution >= 4 is 36.7 Å². The Morgan fingerprint density at radius 2 is 1.79 bits per heavy atom. The van der Waals surface area contributed by atoms with E-state index in [2.05, 4.69) is 9.71 Å². The van der Waals surface area contributed by atoms with Crippen molar-refractivity contribution in [2.24, 2.45) is 0 Å². The van der Waals surface area contributed by atoms with Crippen molar-refractivity contribution in [2.45, 2.75) is 11.8 Å². The van der Waals surface area contributed by atoms with E-state index in [-0.39, 0.29) is 4.90 Å². The zero-order valence-electron chi connectivity index (χ0n) is 13.4. The second kappa shape index (κ2) is 6.29. The Labute approximate surface area is 144 Å². The fourth-order valence-corrected chi connectivity index (χ4v) is 4.45. The summed E-state index contributed by atoms with van der Waals surface area (Å²) in [6.07, 6.45) is 0. The van der Waals surface area contributed by atoms with Crippen LogP contribution in [-0.2, 0) is 10.0 Å². The largest absolute Gasteiger partial charge is 0.493 e. The van der Waals surface area contributed by atoms with Gasteiger partial charge in [0.05, 0.1) is 29.3 Å². The van der Waals surface area contributed by atoms with Gasteiger partial charge in [0.15, 0.2) is 16.6 Å². The van der Waals surface area contributed by atoms with Crippen molar-refractivity contribution in [3.63, 3.8) is 0 Å². The summed E-state index contributed by atoms with van der Waals surface area (Å²) in [6.45, 7) is 1.98. The number of thiazole rings is 1. The maximum Gasteiger partial charge on any atom is 0.263 e. The Hall–Kier alpha value is -2.32. The van der Waals surface area contributed by atoms with Gasteiger partial charge >= 0.3 is 0 Å². The Morgan fingerprint density at radius 3 is 2.50 bits per heavy atom. The number of ether oxygens (including phenoxy) is 2. The van der Waals surface area contributed by atoms with Crippen LogP contribution in [0.5, 0.6) is 11.5 Å². The van der Waals surface area contributed by atoms with Gasteiger partial charge in [0.1, 0.15) is 0 Å². The number of hydrogen-bond acceptors (Lipinski definition) is 6. The lowest BCUT2D eigenvalue weighted by atomic mass is 10.2. The molecule has 0 radical (unpaired) electrons. The van der Waals surface area contributed by atoms with E-state index >= 15 is 0 Å². The molecule has 0 saturated carbocycles. The molecule has 3 aromatic rings. The van der Waals surface area contributed by atoms with Crippen LogP contribution in [0.25, 0.3) is 10.2 Å². The van der Waals surface area contributed by atoms with Crippen LogP contribution >= 0.6 is 11.3 Å². The highest BCUT2D eigenvalue weighted by atomic mass is 32.2. The number of rotatable bonds is 5. The summed E-state index contributed by atoms with van der Waals surface area (Å²) in [5.74, 6) is 0.812. The van der Waals surface area contributed by atoms with Gasteiger partial charge in [-0.25, -0.2) is 13.4 Å². The molecule has 0 amide bonds. The lowest BCUT2D eigenvalue weighted by Gasteiger charge is -2.10. The Kier molecular flexibility index (Phi) is 4.33. The number of aryl methyl sites for hydroxylation is 1. The lowest BCUT2D eigenvalue weighted by molar-refractivity contribution is 0.354. The number of hydrogen-bond donors (Lipinski definition) is 1. The molecule has 2 aromatic carbocycles. The highest BCUT2D eigenvalue weighted by Crippen LogP contribution is 2.32. The second-order valence-corrected chi connectivity index (χ2v) is 7.83. The number of nitrogens with zero attached hydrogens (tertiary/aromatic N) is 1. The van der Waals surface area contributed by atoms with E-state index in [1.54, 1.807) is 6.07 Å². The minimum Gasteiger partial charge on any atom is -0.493 e. The summed E-state index contributed by atoms with van der Waals surface area (Å²) in [4.78, 5) is 4.39. The van der Waals surface area contributed by atoms with Crippen LogP contribution < -0.4 is 14.2 Å². The quantitative estimate of drug-likeness (QED) is 0.750. The number of fused-ring (bicyclic) bond motifs is 1. The number of sulfonamides is 1. The first-order chi connectivity index (χ1) is 11.4. The number of anilines is 1. The molecule has 0 atom stereocenters. The first-order valence-electron chi connectivity index (χ1n) is 7.05. The smallest absolute Gasteiger partial charge is 0.263 e. The topological polar surface area (TPSA) is 77.5 Å². The fraction of sp³-hybridized carbons (Fsp3) is 0.188. The van der Waals surface area contributed by atoms with Gasteiger partial charge in [-0.15, -0.1) is 0 Å². The highest BCUT2D eigenvalue weighted by Gasteiger charge is 2.19. The number of aromatic nitrogens is 1. The summed E-state index contributed by atoms with van der Waals surface area (Å²) in [5, 5.41) is 0.324. The van der Waals surface area contributed by atoms with Crippen LogP contribution in [0.4, 0.5) is 5.13 Å². The van der Waals surface area contributed by atoms with E-state index in [4.69, 9.17) is 9.47 Å². The van der Waals surface area contributed by atoms with Crippen molar-refractivity contribution in [1.82, 2.24) is 4.98 Å². The molecule has 0 fully saturated rings. The van der Waals surface area contributed by atoms with Crippen molar-refractivity contribution in [3.05, 3.63) is 42.0 Å². The van der Waals surface area contributed by atoms with Gasteiger partial charge < -0.3 is 9.47 Å². The molecule has 8 heteroatoms. The predicted octanol–water partition coefficient (Wildman–Crippen LogP) is 3.42. The predicted molar refractivity (Wildman–Crippen MR) is 94.7 cm³/mol. The van der Waals surface area contributed by atoms with Crippen molar-refractivity contribution in [2.75, 3.05) is 18.9 Å². The number of benzene rings is 2. The zero-order chi connectivity index (χ0) is 17.3. The van der Waals surface area contributed by atoms with Crippen molar-refractivity contribution in [1.29, 1.82) is 0 Å².